The maximum atomic E-state index is 4.48. The van der Waals surface area contributed by atoms with Gasteiger partial charge in [-0.25, -0.2) is 4.98 Å². The lowest BCUT2D eigenvalue weighted by molar-refractivity contribution is 0.382. The Balaban J connectivity index is 2.63. The number of likely N-dealkylation sites (N-methyl/N-ethyl adjacent to an activating group) is 1. The molecule has 0 aliphatic heterocycles. The predicted octanol–water partition coefficient (Wildman–Crippen LogP) is 1.95. The van der Waals surface area contributed by atoms with Crippen LogP contribution in [0.5, 0.6) is 0 Å². The lowest BCUT2D eigenvalue weighted by Crippen LogP contribution is -2.18. The molecule has 15 heavy (non-hydrogen) atoms. The quantitative estimate of drug-likeness (QED) is 0.739. The van der Waals surface area contributed by atoms with Crippen LogP contribution in [0.1, 0.15) is 25.2 Å². The van der Waals surface area contributed by atoms with Crippen molar-refractivity contribution in [3.63, 3.8) is 0 Å². The van der Waals surface area contributed by atoms with Gasteiger partial charge in [0.15, 0.2) is 0 Å². The van der Waals surface area contributed by atoms with Gasteiger partial charge in [-0.3, -0.25) is 0 Å². The highest BCUT2D eigenvalue weighted by molar-refractivity contribution is 5.11. The molecule has 0 N–H and O–H groups in total. The molecule has 0 radical (unpaired) electrons. The Morgan fingerprint density at radius 1 is 1.40 bits per heavy atom. The highest BCUT2D eigenvalue weighted by Gasteiger charge is 2.07. The molecule has 1 heterocycles. The zero-order chi connectivity index (χ0) is 11.4. The zero-order valence-electron chi connectivity index (χ0n) is 10.6. The average Bonchev–Trinajstić information content (AvgIpc) is 2.44. The summed E-state index contributed by atoms with van der Waals surface area (Å²) in [6, 6.07) is 0. The van der Waals surface area contributed by atoms with Gasteiger partial charge in [0.1, 0.15) is 0 Å². The fourth-order valence-corrected chi connectivity index (χ4v) is 1.61. The predicted molar refractivity (Wildman–Crippen MR) is 64.1 cm³/mol. The van der Waals surface area contributed by atoms with Crippen LogP contribution in [-0.2, 0) is 13.0 Å². The fraction of sp³-hybridized carbons (Fsp3) is 0.750. The fourth-order valence-electron chi connectivity index (χ4n) is 1.61. The number of hydrogen-bond donors (Lipinski definition) is 0. The van der Waals surface area contributed by atoms with Crippen molar-refractivity contribution in [1.82, 2.24) is 14.5 Å². The summed E-state index contributed by atoms with van der Waals surface area (Å²) in [5.41, 5.74) is 2.58. The van der Waals surface area contributed by atoms with Gasteiger partial charge in [-0.1, -0.05) is 13.8 Å². The topological polar surface area (TPSA) is 21.1 Å². The van der Waals surface area contributed by atoms with Crippen LogP contribution in [0.4, 0.5) is 0 Å². The SMILES string of the molecule is Cc1c(CC(C)C)ncn1CCN(C)C. The van der Waals surface area contributed by atoms with Crippen LogP contribution in [0.2, 0.25) is 0 Å². The van der Waals surface area contributed by atoms with Gasteiger partial charge in [0.2, 0.25) is 0 Å². The van der Waals surface area contributed by atoms with Crippen molar-refractivity contribution < 1.29 is 0 Å². The van der Waals surface area contributed by atoms with Crippen molar-refractivity contribution in [2.24, 2.45) is 5.92 Å². The Bertz CT molecular complexity index is 300. The minimum absolute atomic E-state index is 0.681. The third kappa shape index (κ3) is 3.67. The molecule has 0 aliphatic carbocycles. The van der Waals surface area contributed by atoms with Gasteiger partial charge in [-0.05, 0) is 33.4 Å². The lowest BCUT2D eigenvalue weighted by atomic mass is 10.1. The summed E-state index contributed by atoms with van der Waals surface area (Å²) in [6.45, 7) is 8.74. The first-order chi connectivity index (χ1) is 7.00. The standard InChI is InChI=1S/C12H23N3/c1-10(2)8-12-11(3)15(9-13-12)7-6-14(4)5/h9-10H,6-8H2,1-5H3. The van der Waals surface area contributed by atoms with Crippen molar-refractivity contribution in [1.29, 1.82) is 0 Å². The number of rotatable bonds is 5. The van der Waals surface area contributed by atoms with Gasteiger partial charge in [0.05, 0.1) is 12.0 Å². The third-order valence-corrected chi connectivity index (χ3v) is 2.59. The van der Waals surface area contributed by atoms with Crippen LogP contribution < -0.4 is 0 Å². The summed E-state index contributed by atoms with van der Waals surface area (Å²) in [4.78, 5) is 6.67. The first kappa shape index (κ1) is 12.2. The first-order valence-corrected chi connectivity index (χ1v) is 5.66. The summed E-state index contributed by atoms with van der Waals surface area (Å²) in [7, 11) is 4.20. The van der Waals surface area contributed by atoms with E-state index in [0.717, 1.165) is 19.5 Å². The normalized spacial score (nSPS) is 11.7. The van der Waals surface area contributed by atoms with E-state index in [2.05, 4.69) is 49.3 Å². The van der Waals surface area contributed by atoms with Gasteiger partial charge in [-0.2, -0.15) is 0 Å². The second-order valence-corrected chi connectivity index (χ2v) is 4.87. The summed E-state index contributed by atoms with van der Waals surface area (Å²) in [6.07, 6.45) is 3.05. The molecule has 0 saturated carbocycles. The van der Waals surface area contributed by atoms with E-state index in [1.165, 1.54) is 11.4 Å². The molecule has 0 fully saturated rings. The summed E-state index contributed by atoms with van der Waals surface area (Å²) in [5.74, 6) is 0.681. The van der Waals surface area contributed by atoms with Crippen molar-refractivity contribution in [3.8, 4) is 0 Å². The molecule has 0 atom stereocenters. The van der Waals surface area contributed by atoms with E-state index < -0.39 is 0 Å². The number of hydrogen-bond acceptors (Lipinski definition) is 2. The van der Waals surface area contributed by atoms with Gasteiger partial charge < -0.3 is 9.47 Å². The minimum atomic E-state index is 0.681. The van der Waals surface area contributed by atoms with Crippen molar-refractivity contribution in [2.75, 3.05) is 20.6 Å². The van der Waals surface area contributed by atoms with E-state index in [4.69, 9.17) is 0 Å². The van der Waals surface area contributed by atoms with E-state index >= 15 is 0 Å². The molecule has 3 nitrogen and oxygen atoms in total. The van der Waals surface area contributed by atoms with Crippen molar-refractivity contribution >= 4 is 0 Å². The summed E-state index contributed by atoms with van der Waals surface area (Å²) >= 11 is 0. The molecular formula is C12H23N3. The smallest absolute Gasteiger partial charge is 0.0951 e. The lowest BCUT2D eigenvalue weighted by Gasteiger charge is -2.11. The minimum Gasteiger partial charge on any atom is -0.333 e. The maximum absolute atomic E-state index is 4.48. The molecule has 86 valence electrons. The van der Waals surface area contributed by atoms with Gasteiger partial charge in [-0.15, -0.1) is 0 Å². The van der Waals surface area contributed by atoms with Crippen LogP contribution in [0.25, 0.3) is 0 Å². The molecule has 1 aromatic rings. The second kappa shape index (κ2) is 5.31. The van der Waals surface area contributed by atoms with Crippen LogP contribution in [-0.4, -0.2) is 35.1 Å². The maximum Gasteiger partial charge on any atom is 0.0951 e. The Morgan fingerprint density at radius 3 is 2.60 bits per heavy atom. The van der Waals surface area contributed by atoms with E-state index in [1.807, 2.05) is 6.33 Å². The average molecular weight is 209 g/mol. The molecule has 0 saturated heterocycles. The van der Waals surface area contributed by atoms with Gasteiger partial charge in [0, 0.05) is 18.8 Å². The van der Waals surface area contributed by atoms with Crippen LogP contribution in [0.3, 0.4) is 0 Å². The highest BCUT2D eigenvalue weighted by atomic mass is 15.1. The Hall–Kier alpha value is -0.830. The summed E-state index contributed by atoms with van der Waals surface area (Å²) < 4.78 is 2.25. The van der Waals surface area contributed by atoms with E-state index in [0.29, 0.717) is 5.92 Å². The van der Waals surface area contributed by atoms with Crippen LogP contribution in [0, 0.1) is 12.8 Å². The number of aromatic nitrogens is 2. The van der Waals surface area contributed by atoms with E-state index in [9.17, 15) is 0 Å². The largest absolute Gasteiger partial charge is 0.333 e. The molecule has 0 amide bonds. The van der Waals surface area contributed by atoms with Gasteiger partial charge in [0.25, 0.3) is 0 Å². The van der Waals surface area contributed by atoms with Crippen molar-refractivity contribution in [3.05, 3.63) is 17.7 Å². The third-order valence-electron chi connectivity index (χ3n) is 2.59. The van der Waals surface area contributed by atoms with Crippen molar-refractivity contribution in [2.45, 2.75) is 33.7 Å². The molecule has 3 heteroatoms. The van der Waals surface area contributed by atoms with E-state index in [1.54, 1.807) is 0 Å². The molecule has 0 bridgehead atoms. The molecule has 0 spiro atoms. The van der Waals surface area contributed by atoms with Crippen LogP contribution >= 0.6 is 0 Å². The Kier molecular flexibility index (Phi) is 4.33. The number of nitrogens with zero attached hydrogens (tertiary/aromatic N) is 3. The Morgan fingerprint density at radius 2 is 2.07 bits per heavy atom. The Labute approximate surface area is 93.1 Å². The first-order valence-electron chi connectivity index (χ1n) is 5.66. The molecule has 0 aromatic carbocycles. The monoisotopic (exact) mass is 209 g/mol. The molecule has 0 aliphatic rings. The zero-order valence-corrected chi connectivity index (χ0v) is 10.6. The van der Waals surface area contributed by atoms with E-state index in [-0.39, 0.29) is 0 Å². The highest BCUT2D eigenvalue weighted by Crippen LogP contribution is 2.11. The number of imidazole rings is 1. The molecule has 1 aromatic heterocycles. The van der Waals surface area contributed by atoms with Gasteiger partial charge >= 0.3 is 0 Å². The molecular weight excluding hydrogens is 186 g/mol. The van der Waals surface area contributed by atoms with Crippen LogP contribution in [0.15, 0.2) is 6.33 Å². The second-order valence-electron chi connectivity index (χ2n) is 4.87. The molecule has 1 rings (SSSR count). The summed E-state index contributed by atoms with van der Waals surface area (Å²) in [5, 5.41) is 0. The molecule has 0 unspecified atom stereocenters.